The Morgan fingerprint density at radius 3 is 2.17 bits per heavy atom. The van der Waals surface area contributed by atoms with Gasteiger partial charge in [-0.3, -0.25) is 0 Å². The molecular formula is C9H19F2N. The Morgan fingerprint density at radius 2 is 1.83 bits per heavy atom. The van der Waals surface area contributed by atoms with Gasteiger partial charge in [-0.1, -0.05) is 20.8 Å². The lowest BCUT2D eigenvalue weighted by Gasteiger charge is -2.25. The molecule has 0 aromatic heterocycles. The van der Waals surface area contributed by atoms with Gasteiger partial charge in [0.15, 0.2) is 0 Å². The fourth-order valence-corrected chi connectivity index (χ4v) is 0.651. The molecule has 0 rings (SSSR count). The largest absolute Gasteiger partial charge is 0.309 e. The summed E-state index contributed by atoms with van der Waals surface area (Å²) in [7, 11) is 0. The van der Waals surface area contributed by atoms with Crippen molar-refractivity contribution >= 4 is 0 Å². The highest BCUT2D eigenvalue weighted by Crippen LogP contribution is 2.18. The first-order chi connectivity index (χ1) is 5.39. The molecule has 0 spiro atoms. The van der Waals surface area contributed by atoms with Gasteiger partial charge in [-0.05, 0) is 18.8 Å². The molecule has 0 aromatic rings. The van der Waals surface area contributed by atoms with Crippen LogP contribution in [0.4, 0.5) is 8.78 Å². The third kappa shape index (κ3) is 4.65. The topological polar surface area (TPSA) is 12.0 Å². The summed E-state index contributed by atoms with van der Waals surface area (Å²) in [6.07, 6.45) is -1.27. The monoisotopic (exact) mass is 179 g/mol. The zero-order chi connectivity index (χ0) is 9.78. The number of hydrogen-bond donors (Lipinski definition) is 1. The van der Waals surface area contributed by atoms with Crippen LogP contribution in [0.1, 0.15) is 34.1 Å². The van der Waals surface area contributed by atoms with Crippen LogP contribution in [0.3, 0.4) is 0 Å². The van der Waals surface area contributed by atoms with E-state index in [1.165, 1.54) is 6.92 Å². The fraction of sp³-hybridized carbons (Fsp3) is 1.00. The minimum absolute atomic E-state index is 0.114. The van der Waals surface area contributed by atoms with E-state index in [-0.39, 0.29) is 5.41 Å². The van der Waals surface area contributed by atoms with Crippen LogP contribution in [0.5, 0.6) is 0 Å². The summed E-state index contributed by atoms with van der Waals surface area (Å²) in [6.45, 7) is 8.36. The lowest BCUT2D eigenvalue weighted by molar-refractivity contribution is 0.0998. The molecule has 0 heterocycles. The Bertz CT molecular complexity index is 124. The van der Waals surface area contributed by atoms with E-state index in [9.17, 15) is 8.78 Å². The molecule has 0 saturated carbocycles. The maximum absolute atomic E-state index is 12.0. The Kier molecular flexibility index (Phi) is 4.68. The van der Waals surface area contributed by atoms with Crippen LogP contribution in [0, 0.1) is 5.41 Å². The van der Waals surface area contributed by atoms with Gasteiger partial charge in [-0.2, -0.15) is 0 Å². The van der Waals surface area contributed by atoms with Gasteiger partial charge in [-0.25, -0.2) is 8.78 Å². The van der Waals surface area contributed by atoms with Crippen molar-refractivity contribution in [3.63, 3.8) is 0 Å². The summed E-state index contributed by atoms with van der Waals surface area (Å²) in [6, 6.07) is -0.698. The molecule has 0 aliphatic carbocycles. The van der Waals surface area contributed by atoms with Crippen molar-refractivity contribution < 1.29 is 8.78 Å². The first-order valence-electron chi connectivity index (χ1n) is 4.40. The smallest absolute Gasteiger partial charge is 0.253 e. The van der Waals surface area contributed by atoms with E-state index in [4.69, 9.17) is 0 Å². The van der Waals surface area contributed by atoms with E-state index in [2.05, 4.69) is 26.1 Å². The number of hydrogen-bond acceptors (Lipinski definition) is 1. The molecule has 0 fully saturated rings. The van der Waals surface area contributed by atoms with E-state index in [1.54, 1.807) is 0 Å². The first kappa shape index (κ1) is 11.8. The van der Waals surface area contributed by atoms with Crippen molar-refractivity contribution in [3.05, 3.63) is 0 Å². The van der Waals surface area contributed by atoms with Gasteiger partial charge in [0.1, 0.15) is 0 Å². The van der Waals surface area contributed by atoms with Crippen LogP contribution < -0.4 is 5.32 Å². The van der Waals surface area contributed by atoms with Gasteiger partial charge < -0.3 is 5.32 Å². The Morgan fingerprint density at radius 1 is 1.33 bits per heavy atom. The summed E-state index contributed by atoms with van der Waals surface area (Å²) in [4.78, 5) is 0. The van der Waals surface area contributed by atoms with Gasteiger partial charge in [0.05, 0.1) is 6.04 Å². The molecule has 12 heavy (non-hydrogen) atoms. The summed E-state index contributed by atoms with van der Waals surface area (Å²) in [5.74, 6) is 0. The molecule has 1 unspecified atom stereocenters. The molecule has 1 N–H and O–H groups in total. The molecule has 0 bridgehead atoms. The predicted molar refractivity (Wildman–Crippen MR) is 47.5 cm³/mol. The van der Waals surface area contributed by atoms with E-state index >= 15 is 0 Å². The number of nitrogens with one attached hydrogen (secondary N) is 1. The number of alkyl halides is 2. The average Bonchev–Trinajstić information content (AvgIpc) is 2.00. The molecule has 0 saturated heterocycles. The van der Waals surface area contributed by atoms with Crippen LogP contribution in [0.25, 0.3) is 0 Å². The van der Waals surface area contributed by atoms with Crippen molar-refractivity contribution in [2.75, 3.05) is 6.54 Å². The average molecular weight is 179 g/mol. The predicted octanol–water partition coefficient (Wildman–Crippen LogP) is 2.67. The molecular weight excluding hydrogens is 160 g/mol. The maximum atomic E-state index is 12.0. The minimum Gasteiger partial charge on any atom is -0.309 e. The third-order valence-corrected chi connectivity index (χ3v) is 2.24. The van der Waals surface area contributed by atoms with E-state index < -0.39 is 12.5 Å². The zero-order valence-electron chi connectivity index (χ0n) is 8.32. The lowest BCUT2D eigenvalue weighted by atomic mass is 9.90. The standard InChI is InChI=1S/C9H19F2N/c1-5-9(3,4)6-12-7(2)8(10)11/h7-8,12H,5-6H2,1-4H3. The summed E-state index contributed by atoms with van der Waals surface area (Å²) in [5.41, 5.74) is 0.114. The highest BCUT2D eigenvalue weighted by Gasteiger charge is 2.19. The maximum Gasteiger partial charge on any atom is 0.253 e. The lowest BCUT2D eigenvalue weighted by Crippen LogP contribution is -2.39. The Labute approximate surface area is 73.5 Å². The van der Waals surface area contributed by atoms with E-state index in [0.29, 0.717) is 6.54 Å². The summed E-state index contributed by atoms with van der Waals surface area (Å²) in [5, 5.41) is 2.82. The quantitative estimate of drug-likeness (QED) is 0.684. The van der Waals surface area contributed by atoms with Gasteiger partial charge in [0.25, 0.3) is 6.43 Å². The second-order valence-corrected chi connectivity index (χ2v) is 4.02. The Hall–Kier alpha value is -0.180. The van der Waals surface area contributed by atoms with Crippen LogP contribution in [-0.4, -0.2) is 19.0 Å². The highest BCUT2D eigenvalue weighted by molar-refractivity contribution is 4.72. The second-order valence-electron chi connectivity index (χ2n) is 4.02. The van der Waals surface area contributed by atoms with Crippen LogP contribution in [0.2, 0.25) is 0 Å². The summed E-state index contributed by atoms with van der Waals surface area (Å²) < 4.78 is 24.1. The summed E-state index contributed by atoms with van der Waals surface area (Å²) >= 11 is 0. The number of rotatable bonds is 5. The van der Waals surface area contributed by atoms with Crippen LogP contribution in [0.15, 0.2) is 0 Å². The van der Waals surface area contributed by atoms with Crippen molar-refractivity contribution in [2.24, 2.45) is 5.41 Å². The number of halogens is 2. The van der Waals surface area contributed by atoms with E-state index in [1.807, 2.05) is 0 Å². The normalized spacial score (nSPS) is 15.2. The van der Waals surface area contributed by atoms with Crippen molar-refractivity contribution in [1.29, 1.82) is 0 Å². The molecule has 1 atom stereocenters. The molecule has 0 radical (unpaired) electrons. The molecule has 0 aliphatic rings. The third-order valence-electron chi connectivity index (χ3n) is 2.24. The van der Waals surface area contributed by atoms with Gasteiger partial charge >= 0.3 is 0 Å². The van der Waals surface area contributed by atoms with Gasteiger partial charge in [-0.15, -0.1) is 0 Å². The second kappa shape index (κ2) is 4.75. The molecule has 0 amide bonds. The first-order valence-corrected chi connectivity index (χ1v) is 4.40. The fourth-order valence-electron chi connectivity index (χ4n) is 0.651. The zero-order valence-corrected chi connectivity index (χ0v) is 8.32. The molecule has 74 valence electrons. The molecule has 1 nitrogen and oxygen atoms in total. The van der Waals surface area contributed by atoms with Crippen molar-refractivity contribution in [2.45, 2.75) is 46.6 Å². The SMILES string of the molecule is CCC(C)(C)CNC(C)C(F)F. The van der Waals surface area contributed by atoms with Crippen molar-refractivity contribution in [1.82, 2.24) is 5.32 Å². The molecule has 3 heteroatoms. The van der Waals surface area contributed by atoms with Crippen molar-refractivity contribution in [3.8, 4) is 0 Å². The molecule has 0 aromatic carbocycles. The van der Waals surface area contributed by atoms with Gasteiger partial charge in [0.2, 0.25) is 0 Å². The molecule has 0 aliphatic heterocycles. The minimum atomic E-state index is -2.27. The Balaban J connectivity index is 3.67. The van der Waals surface area contributed by atoms with Crippen LogP contribution >= 0.6 is 0 Å². The van der Waals surface area contributed by atoms with Gasteiger partial charge in [0, 0.05) is 6.54 Å². The van der Waals surface area contributed by atoms with E-state index in [0.717, 1.165) is 6.42 Å². The van der Waals surface area contributed by atoms with Crippen LogP contribution in [-0.2, 0) is 0 Å². The highest BCUT2D eigenvalue weighted by atomic mass is 19.3.